The maximum atomic E-state index is 5.15. The monoisotopic (exact) mass is 717 g/mol. The fourth-order valence-electron chi connectivity index (χ4n) is 8.43. The predicted molar refractivity (Wildman–Crippen MR) is 230 cm³/mol. The van der Waals surface area contributed by atoms with Crippen molar-refractivity contribution in [2.24, 2.45) is 0 Å². The van der Waals surface area contributed by atoms with E-state index in [-0.39, 0.29) is 6.04 Å². The van der Waals surface area contributed by atoms with Gasteiger partial charge in [0.2, 0.25) is 0 Å². The Morgan fingerprint density at radius 3 is 1.77 bits per heavy atom. The zero-order valence-electron chi connectivity index (χ0n) is 30.4. The molecule has 5 nitrogen and oxygen atoms in total. The van der Waals surface area contributed by atoms with Crippen LogP contribution < -0.4 is 5.32 Å². The Balaban J connectivity index is 1.03. The molecule has 2 atom stereocenters. The molecule has 264 valence electrons. The Morgan fingerprint density at radius 1 is 0.429 bits per heavy atom. The molecule has 1 aliphatic heterocycles. The van der Waals surface area contributed by atoms with Crippen LogP contribution in [0.3, 0.4) is 0 Å². The van der Waals surface area contributed by atoms with Crippen LogP contribution in [-0.2, 0) is 0 Å². The highest BCUT2D eigenvalue weighted by Gasteiger charge is 2.32. The van der Waals surface area contributed by atoms with Gasteiger partial charge in [-0.3, -0.25) is 0 Å². The van der Waals surface area contributed by atoms with Crippen molar-refractivity contribution in [3.63, 3.8) is 0 Å². The molecule has 0 radical (unpaired) electrons. The number of hydrogen-bond acceptors (Lipinski definition) is 4. The minimum atomic E-state index is 0.243. The van der Waals surface area contributed by atoms with Gasteiger partial charge in [0.1, 0.15) is 0 Å². The molecule has 7 aromatic carbocycles. The van der Waals surface area contributed by atoms with E-state index >= 15 is 0 Å². The molecule has 0 spiro atoms. The zero-order chi connectivity index (χ0) is 37.0. The number of nitrogens with one attached hydrogen (secondary N) is 1. The van der Waals surface area contributed by atoms with Crippen molar-refractivity contribution in [3.05, 3.63) is 200 Å². The first-order valence-electron chi connectivity index (χ1n) is 19.1. The van der Waals surface area contributed by atoms with Crippen molar-refractivity contribution in [3.8, 4) is 62.1 Å². The largest absolute Gasteiger partial charge is 0.376 e. The second kappa shape index (κ2) is 13.2. The number of hydrogen-bond donors (Lipinski definition) is 1. The third-order valence-corrected chi connectivity index (χ3v) is 11.1. The molecular formula is C51H35N5. The fraction of sp³-hybridized carbons (Fsp3) is 0.0392. The van der Waals surface area contributed by atoms with E-state index in [2.05, 4.69) is 180 Å². The third-order valence-electron chi connectivity index (χ3n) is 11.1. The number of anilines is 1. The molecule has 1 aliphatic carbocycles. The summed E-state index contributed by atoms with van der Waals surface area (Å²) in [5, 5.41) is 6.33. The van der Waals surface area contributed by atoms with Gasteiger partial charge in [0.25, 0.3) is 0 Å². The summed E-state index contributed by atoms with van der Waals surface area (Å²) in [6.45, 7) is 0. The zero-order valence-corrected chi connectivity index (χ0v) is 30.4. The summed E-state index contributed by atoms with van der Waals surface area (Å²) in [6.07, 6.45) is 8.88. The standard InChI is InChI=1S/C51H35N5/c1-3-13-33(14-4-1)37-17-11-18-38(31-37)34-25-27-36(28-26-34)50-53-49(35-15-5-2-6-16-35)54-51(55-50)39-19-12-20-40(32-39)56-46-24-10-8-22-42(46)44-30-29-43-41-21-7-9-23-45(41)52-47(43)48(44)56/h1-32,41,45,52H. The number of benzene rings is 7. The van der Waals surface area contributed by atoms with Gasteiger partial charge < -0.3 is 9.88 Å². The van der Waals surface area contributed by atoms with E-state index in [0.717, 1.165) is 39.0 Å². The fourth-order valence-corrected chi connectivity index (χ4v) is 8.43. The van der Waals surface area contributed by atoms with Gasteiger partial charge in [-0.2, -0.15) is 0 Å². The van der Waals surface area contributed by atoms with Crippen LogP contribution in [0.2, 0.25) is 0 Å². The van der Waals surface area contributed by atoms with Crippen molar-refractivity contribution in [1.29, 1.82) is 0 Å². The van der Waals surface area contributed by atoms with E-state index in [1.54, 1.807) is 0 Å². The quantitative estimate of drug-likeness (QED) is 0.186. The SMILES string of the molecule is C1=CC2Nc3c(ccc4c5ccccc5n(-c5cccc(-c6nc(-c7ccccc7)nc(-c7ccc(-c8cccc(-c9ccccc9)c8)cc7)n6)c5)c34)C2C=C1. The van der Waals surface area contributed by atoms with Crippen LogP contribution in [0.4, 0.5) is 5.69 Å². The van der Waals surface area contributed by atoms with Crippen molar-refractivity contribution < 1.29 is 0 Å². The Labute approximate surface area is 325 Å². The molecule has 3 heterocycles. The average Bonchev–Trinajstić information content (AvgIpc) is 3.83. The summed E-state index contributed by atoms with van der Waals surface area (Å²) < 4.78 is 2.40. The topological polar surface area (TPSA) is 55.6 Å². The van der Waals surface area contributed by atoms with Crippen LogP contribution in [0.1, 0.15) is 11.5 Å². The van der Waals surface area contributed by atoms with Crippen molar-refractivity contribution in [2.75, 3.05) is 5.32 Å². The van der Waals surface area contributed by atoms with Gasteiger partial charge in [-0.05, 0) is 52.1 Å². The molecule has 0 bridgehead atoms. The number of rotatable bonds is 6. The minimum absolute atomic E-state index is 0.243. The first-order valence-corrected chi connectivity index (χ1v) is 19.1. The van der Waals surface area contributed by atoms with Gasteiger partial charge in [0.15, 0.2) is 17.5 Å². The highest BCUT2D eigenvalue weighted by atomic mass is 15.1. The second-order valence-corrected chi connectivity index (χ2v) is 14.5. The molecule has 0 amide bonds. The van der Waals surface area contributed by atoms with Gasteiger partial charge in [0, 0.05) is 39.1 Å². The molecule has 5 heteroatoms. The van der Waals surface area contributed by atoms with Gasteiger partial charge in [-0.15, -0.1) is 0 Å². The first kappa shape index (κ1) is 32.1. The van der Waals surface area contributed by atoms with Crippen molar-refractivity contribution >= 4 is 27.5 Å². The Bertz CT molecular complexity index is 3000. The van der Waals surface area contributed by atoms with E-state index in [1.165, 1.54) is 38.7 Å². The third kappa shape index (κ3) is 5.44. The molecule has 56 heavy (non-hydrogen) atoms. The average molecular weight is 718 g/mol. The Hall–Kier alpha value is -7.37. The summed E-state index contributed by atoms with van der Waals surface area (Å²) in [5.41, 5.74) is 13.4. The highest BCUT2D eigenvalue weighted by Crippen LogP contribution is 2.46. The van der Waals surface area contributed by atoms with E-state index in [9.17, 15) is 0 Å². The Kier molecular flexibility index (Phi) is 7.56. The molecule has 11 rings (SSSR count). The molecule has 0 fully saturated rings. The van der Waals surface area contributed by atoms with Crippen LogP contribution in [-0.4, -0.2) is 25.6 Å². The van der Waals surface area contributed by atoms with E-state index in [0.29, 0.717) is 23.4 Å². The van der Waals surface area contributed by atoms with Gasteiger partial charge in [0.05, 0.1) is 22.8 Å². The van der Waals surface area contributed by atoms with Gasteiger partial charge in [-0.1, -0.05) is 170 Å². The van der Waals surface area contributed by atoms with Crippen molar-refractivity contribution in [1.82, 2.24) is 19.5 Å². The summed E-state index contributed by atoms with van der Waals surface area (Å²) in [6, 6.07) is 60.0. The minimum Gasteiger partial charge on any atom is -0.376 e. The highest BCUT2D eigenvalue weighted by molar-refractivity contribution is 6.14. The Morgan fingerprint density at radius 2 is 1.00 bits per heavy atom. The van der Waals surface area contributed by atoms with E-state index in [1.807, 2.05) is 24.3 Å². The van der Waals surface area contributed by atoms with Crippen LogP contribution in [0, 0.1) is 0 Å². The molecule has 2 aromatic heterocycles. The molecule has 1 N–H and O–H groups in total. The number of allylic oxidation sites excluding steroid dienone is 2. The predicted octanol–water partition coefficient (Wildman–Crippen LogP) is 12.3. The maximum absolute atomic E-state index is 5.15. The number of nitrogens with zero attached hydrogens (tertiary/aromatic N) is 4. The summed E-state index contributed by atoms with van der Waals surface area (Å²) >= 11 is 0. The molecule has 0 saturated heterocycles. The van der Waals surface area contributed by atoms with E-state index in [4.69, 9.17) is 15.0 Å². The molecule has 0 saturated carbocycles. The lowest BCUT2D eigenvalue weighted by Crippen LogP contribution is -2.17. The summed E-state index contributed by atoms with van der Waals surface area (Å²) in [4.78, 5) is 15.3. The number of aromatic nitrogens is 4. The van der Waals surface area contributed by atoms with Crippen LogP contribution in [0.15, 0.2) is 194 Å². The number of fused-ring (bicyclic) bond motifs is 7. The second-order valence-electron chi connectivity index (χ2n) is 14.5. The smallest absolute Gasteiger partial charge is 0.164 e. The summed E-state index contributed by atoms with van der Waals surface area (Å²) in [7, 11) is 0. The van der Waals surface area contributed by atoms with Gasteiger partial charge in [-0.25, -0.2) is 15.0 Å². The van der Waals surface area contributed by atoms with Crippen LogP contribution in [0.5, 0.6) is 0 Å². The van der Waals surface area contributed by atoms with E-state index < -0.39 is 0 Å². The first-order chi connectivity index (χ1) is 27.7. The van der Waals surface area contributed by atoms with Gasteiger partial charge >= 0.3 is 0 Å². The normalized spacial score (nSPS) is 15.5. The van der Waals surface area contributed by atoms with Crippen LogP contribution >= 0.6 is 0 Å². The molecular weight excluding hydrogens is 683 g/mol. The summed E-state index contributed by atoms with van der Waals surface area (Å²) in [5.74, 6) is 2.20. The van der Waals surface area contributed by atoms with Crippen molar-refractivity contribution in [2.45, 2.75) is 12.0 Å². The lowest BCUT2D eigenvalue weighted by Gasteiger charge is -2.15. The number of para-hydroxylation sites is 1. The van der Waals surface area contributed by atoms with Crippen LogP contribution in [0.25, 0.3) is 83.9 Å². The lowest BCUT2D eigenvalue weighted by molar-refractivity contribution is 0.805. The molecule has 2 aliphatic rings. The lowest BCUT2D eigenvalue weighted by atomic mass is 9.91. The maximum Gasteiger partial charge on any atom is 0.164 e. The molecule has 2 unspecified atom stereocenters. The molecule has 9 aromatic rings.